The second-order valence-corrected chi connectivity index (χ2v) is 8.14. The molecule has 29 heavy (non-hydrogen) atoms. The summed E-state index contributed by atoms with van der Waals surface area (Å²) in [6, 6.07) is 1.94. The van der Waals surface area contributed by atoms with Gasteiger partial charge in [-0.25, -0.2) is 9.78 Å². The summed E-state index contributed by atoms with van der Waals surface area (Å²) < 4.78 is 1.31. The summed E-state index contributed by atoms with van der Waals surface area (Å²) in [5, 5.41) is 6.32. The zero-order valence-corrected chi connectivity index (χ0v) is 17.9. The SMILES string of the molecule is CCCCn1c(N)c(N(CCC)C(=O)c2csc(-c3ccsc3)n2)c(=O)[nH]c1=O. The van der Waals surface area contributed by atoms with Gasteiger partial charge in [0.15, 0.2) is 5.69 Å². The lowest BCUT2D eigenvalue weighted by Gasteiger charge is -2.23. The predicted molar refractivity (Wildman–Crippen MR) is 118 cm³/mol. The highest BCUT2D eigenvalue weighted by Crippen LogP contribution is 2.27. The molecule has 0 fully saturated rings. The van der Waals surface area contributed by atoms with Crippen molar-refractivity contribution in [3.8, 4) is 10.6 Å². The molecule has 10 heteroatoms. The number of rotatable bonds is 8. The number of unbranched alkanes of at least 4 members (excludes halogenated alkanes) is 1. The molecule has 0 aliphatic rings. The van der Waals surface area contributed by atoms with E-state index in [4.69, 9.17) is 5.73 Å². The number of carbonyl (C=O) groups is 1. The second-order valence-electron chi connectivity index (χ2n) is 6.51. The highest BCUT2D eigenvalue weighted by Gasteiger charge is 2.26. The van der Waals surface area contributed by atoms with Crippen LogP contribution in [0, 0.1) is 0 Å². The van der Waals surface area contributed by atoms with Crippen LogP contribution in [0.3, 0.4) is 0 Å². The lowest BCUT2D eigenvalue weighted by atomic mass is 10.2. The average molecular weight is 434 g/mol. The van der Waals surface area contributed by atoms with E-state index in [2.05, 4.69) is 9.97 Å². The van der Waals surface area contributed by atoms with Gasteiger partial charge in [-0.2, -0.15) is 11.3 Å². The topological polar surface area (TPSA) is 114 Å². The minimum Gasteiger partial charge on any atom is -0.383 e. The van der Waals surface area contributed by atoms with Gasteiger partial charge in [0.25, 0.3) is 11.5 Å². The summed E-state index contributed by atoms with van der Waals surface area (Å²) in [5.74, 6) is -0.412. The van der Waals surface area contributed by atoms with E-state index in [0.29, 0.717) is 13.0 Å². The van der Waals surface area contributed by atoms with Gasteiger partial charge in [0.05, 0.1) is 0 Å². The van der Waals surface area contributed by atoms with E-state index < -0.39 is 17.2 Å². The number of carbonyl (C=O) groups excluding carboxylic acids is 1. The molecule has 0 aliphatic carbocycles. The molecule has 3 N–H and O–H groups in total. The number of nitrogens with one attached hydrogen (secondary N) is 1. The molecule has 0 unspecified atom stereocenters. The molecule has 0 atom stereocenters. The molecule has 3 aromatic rings. The van der Waals surface area contributed by atoms with Gasteiger partial charge in [0.1, 0.15) is 16.5 Å². The molecule has 3 heterocycles. The van der Waals surface area contributed by atoms with E-state index in [1.165, 1.54) is 20.8 Å². The first-order valence-corrected chi connectivity index (χ1v) is 11.2. The number of thiophene rings is 1. The fourth-order valence-electron chi connectivity index (χ4n) is 2.94. The first-order chi connectivity index (χ1) is 14.0. The Kier molecular flexibility index (Phi) is 6.65. The summed E-state index contributed by atoms with van der Waals surface area (Å²) in [7, 11) is 0. The van der Waals surface area contributed by atoms with Crippen molar-refractivity contribution in [2.75, 3.05) is 17.2 Å². The van der Waals surface area contributed by atoms with Crippen LogP contribution in [0.2, 0.25) is 0 Å². The largest absolute Gasteiger partial charge is 0.383 e. The van der Waals surface area contributed by atoms with Crippen molar-refractivity contribution < 1.29 is 4.79 Å². The Bertz CT molecular complexity index is 1100. The summed E-state index contributed by atoms with van der Waals surface area (Å²) >= 11 is 2.92. The van der Waals surface area contributed by atoms with Crippen LogP contribution in [-0.4, -0.2) is 27.0 Å². The zero-order chi connectivity index (χ0) is 21.0. The number of H-pyrrole nitrogens is 1. The Morgan fingerprint density at radius 1 is 1.28 bits per heavy atom. The number of aromatic nitrogens is 3. The molecule has 1 amide bonds. The molecule has 0 saturated heterocycles. The number of thiazole rings is 1. The smallest absolute Gasteiger partial charge is 0.330 e. The van der Waals surface area contributed by atoms with Gasteiger partial charge < -0.3 is 5.73 Å². The molecule has 0 aliphatic heterocycles. The number of anilines is 2. The van der Waals surface area contributed by atoms with Crippen molar-refractivity contribution in [1.29, 1.82) is 0 Å². The Morgan fingerprint density at radius 3 is 2.72 bits per heavy atom. The normalized spacial score (nSPS) is 11.0. The van der Waals surface area contributed by atoms with E-state index in [0.717, 1.165) is 23.4 Å². The molecular weight excluding hydrogens is 410 g/mol. The van der Waals surface area contributed by atoms with Gasteiger partial charge in [0, 0.05) is 29.4 Å². The molecule has 3 rings (SSSR count). The van der Waals surface area contributed by atoms with Crippen LogP contribution < -0.4 is 21.9 Å². The Labute approximate surface area is 175 Å². The lowest BCUT2D eigenvalue weighted by molar-refractivity contribution is 0.0982. The van der Waals surface area contributed by atoms with Gasteiger partial charge in [-0.15, -0.1) is 11.3 Å². The molecule has 154 valence electrons. The predicted octanol–water partition coefficient (Wildman–Crippen LogP) is 3.16. The van der Waals surface area contributed by atoms with Gasteiger partial charge in [0.2, 0.25) is 0 Å². The number of nitrogen functional groups attached to an aromatic ring is 1. The quantitative estimate of drug-likeness (QED) is 0.566. The fourth-order valence-corrected chi connectivity index (χ4v) is 4.45. The Balaban J connectivity index is 2.03. The summed E-state index contributed by atoms with van der Waals surface area (Å²) in [4.78, 5) is 46.0. The van der Waals surface area contributed by atoms with E-state index in [9.17, 15) is 14.4 Å². The Morgan fingerprint density at radius 2 is 2.07 bits per heavy atom. The maximum Gasteiger partial charge on any atom is 0.330 e. The number of nitrogens with zero attached hydrogens (tertiary/aromatic N) is 3. The first-order valence-electron chi connectivity index (χ1n) is 9.40. The highest BCUT2D eigenvalue weighted by molar-refractivity contribution is 7.14. The highest BCUT2D eigenvalue weighted by atomic mass is 32.1. The molecule has 3 aromatic heterocycles. The molecule has 0 bridgehead atoms. The van der Waals surface area contributed by atoms with Gasteiger partial charge in [-0.1, -0.05) is 20.3 Å². The minimum atomic E-state index is -0.671. The third kappa shape index (κ3) is 4.33. The fraction of sp³-hybridized carbons (Fsp3) is 0.368. The summed E-state index contributed by atoms with van der Waals surface area (Å²) in [5.41, 5.74) is 6.14. The van der Waals surface area contributed by atoms with Crippen molar-refractivity contribution >= 4 is 40.1 Å². The van der Waals surface area contributed by atoms with Crippen molar-refractivity contribution in [3.63, 3.8) is 0 Å². The van der Waals surface area contributed by atoms with Crippen LogP contribution in [0.5, 0.6) is 0 Å². The minimum absolute atomic E-state index is 0.00212. The number of nitrogens with two attached hydrogens (primary N) is 1. The summed E-state index contributed by atoms with van der Waals surface area (Å²) in [6.07, 6.45) is 2.20. The van der Waals surface area contributed by atoms with Crippen LogP contribution in [0.1, 0.15) is 43.6 Å². The lowest BCUT2D eigenvalue weighted by Crippen LogP contribution is -2.41. The van der Waals surface area contributed by atoms with E-state index in [1.807, 2.05) is 30.7 Å². The maximum atomic E-state index is 13.2. The van der Waals surface area contributed by atoms with E-state index >= 15 is 0 Å². The zero-order valence-electron chi connectivity index (χ0n) is 16.3. The van der Waals surface area contributed by atoms with Crippen molar-refractivity contribution in [1.82, 2.24) is 14.5 Å². The van der Waals surface area contributed by atoms with Crippen molar-refractivity contribution in [2.24, 2.45) is 0 Å². The molecule has 8 nitrogen and oxygen atoms in total. The maximum absolute atomic E-state index is 13.2. The molecule has 0 spiro atoms. The monoisotopic (exact) mass is 433 g/mol. The van der Waals surface area contributed by atoms with Crippen molar-refractivity contribution in [3.05, 3.63) is 48.7 Å². The number of aromatic amines is 1. The van der Waals surface area contributed by atoms with Crippen LogP contribution in [0.15, 0.2) is 31.8 Å². The molecular formula is C19H23N5O3S2. The standard InChI is InChI=1S/C19H23N5O3S2/c1-3-5-8-24-15(20)14(16(25)22-19(24)27)23(7-4-2)18(26)13-11-29-17(21-13)12-6-9-28-10-12/h6,9-11H,3-5,7-8,20H2,1-2H3,(H,22,25,27). The molecule has 0 radical (unpaired) electrons. The van der Waals surface area contributed by atoms with Crippen LogP contribution in [0.25, 0.3) is 10.6 Å². The van der Waals surface area contributed by atoms with E-state index in [-0.39, 0.29) is 23.7 Å². The van der Waals surface area contributed by atoms with E-state index in [1.54, 1.807) is 16.7 Å². The number of hydrogen-bond donors (Lipinski definition) is 2. The molecule has 0 aromatic carbocycles. The van der Waals surface area contributed by atoms with Gasteiger partial charge in [-0.3, -0.25) is 24.0 Å². The summed E-state index contributed by atoms with van der Waals surface area (Å²) in [6.45, 7) is 4.55. The number of hydrogen-bond acceptors (Lipinski definition) is 7. The number of amides is 1. The van der Waals surface area contributed by atoms with Crippen molar-refractivity contribution in [2.45, 2.75) is 39.7 Å². The van der Waals surface area contributed by atoms with Gasteiger partial charge in [-0.05, 0) is 24.3 Å². The first kappa shape index (κ1) is 21.0. The van der Waals surface area contributed by atoms with Crippen LogP contribution in [0.4, 0.5) is 11.5 Å². The third-order valence-corrected chi connectivity index (χ3v) is 5.98. The van der Waals surface area contributed by atoms with Crippen LogP contribution >= 0.6 is 22.7 Å². The Hall–Kier alpha value is -2.72. The van der Waals surface area contributed by atoms with Crippen LogP contribution in [-0.2, 0) is 6.54 Å². The average Bonchev–Trinajstić information content (AvgIpc) is 3.38. The van der Waals surface area contributed by atoms with Gasteiger partial charge >= 0.3 is 5.69 Å². The third-order valence-electron chi connectivity index (χ3n) is 4.40. The second kappa shape index (κ2) is 9.19. The molecule has 0 saturated carbocycles.